The van der Waals surface area contributed by atoms with Gasteiger partial charge in [0.1, 0.15) is 11.8 Å². The standard InChI is InChI=1S/C15H18F3N3O3.ClH/c1-9(8-19)13(22)20-12-5-6-21(14(12)23)10-3-2-4-11(7-10)24-15(16,17)18;/h2-4,7,9,12H,5-6,8,19H2,1H3,(H,20,22);1H. The third-order valence-corrected chi connectivity index (χ3v) is 3.69. The molecule has 1 aliphatic heterocycles. The minimum Gasteiger partial charge on any atom is -0.406 e. The van der Waals surface area contributed by atoms with E-state index in [0.717, 1.165) is 12.1 Å². The second-order valence-corrected chi connectivity index (χ2v) is 5.52. The van der Waals surface area contributed by atoms with Crippen LogP contribution in [0.3, 0.4) is 0 Å². The fraction of sp³-hybridized carbons (Fsp3) is 0.467. The van der Waals surface area contributed by atoms with Gasteiger partial charge in [-0.2, -0.15) is 0 Å². The lowest BCUT2D eigenvalue weighted by molar-refractivity contribution is -0.274. The number of anilines is 1. The van der Waals surface area contributed by atoms with E-state index in [1.807, 2.05) is 0 Å². The summed E-state index contributed by atoms with van der Waals surface area (Å²) in [5, 5.41) is 2.61. The van der Waals surface area contributed by atoms with Gasteiger partial charge in [-0.15, -0.1) is 25.6 Å². The van der Waals surface area contributed by atoms with E-state index in [1.54, 1.807) is 6.92 Å². The largest absolute Gasteiger partial charge is 0.573 e. The maximum absolute atomic E-state index is 12.4. The molecule has 140 valence electrons. The quantitative estimate of drug-likeness (QED) is 0.814. The molecule has 0 saturated carbocycles. The molecule has 2 unspecified atom stereocenters. The van der Waals surface area contributed by atoms with Gasteiger partial charge in [0.05, 0.1) is 0 Å². The van der Waals surface area contributed by atoms with Gasteiger partial charge in [0.15, 0.2) is 0 Å². The lowest BCUT2D eigenvalue weighted by Gasteiger charge is -2.19. The summed E-state index contributed by atoms with van der Waals surface area (Å²) in [6.45, 7) is 2.09. The van der Waals surface area contributed by atoms with Crippen molar-refractivity contribution in [3.05, 3.63) is 24.3 Å². The van der Waals surface area contributed by atoms with Crippen LogP contribution < -0.4 is 20.7 Å². The summed E-state index contributed by atoms with van der Waals surface area (Å²) in [7, 11) is 0. The zero-order valence-electron chi connectivity index (χ0n) is 13.4. The molecule has 0 bridgehead atoms. The lowest BCUT2D eigenvalue weighted by Crippen LogP contribution is -2.44. The first-order valence-electron chi connectivity index (χ1n) is 7.39. The summed E-state index contributed by atoms with van der Waals surface area (Å²) < 4.78 is 40.7. The van der Waals surface area contributed by atoms with E-state index in [9.17, 15) is 22.8 Å². The molecule has 2 atom stereocenters. The zero-order valence-corrected chi connectivity index (χ0v) is 14.2. The Labute approximate surface area is 148 Å². The topological polar surface area (TPSA) is 84.7 Å². The first-order chi connectivity index (χ1) is 11.2. The van der Waals surface area contributed by atoms with Gasteiger partial charge in [0.25, 0.3) is 0 Å². The highest BCUT2D eigenvalue weighted by atomic mass is 35.5. The average Bonchev–Trinajstić information content (AvgIpc) is 2.86. The maximum atomic E-state index is 12.4. The zero-order chi connectivity index (χ0) is 17.9. The molecule has 2 rings (SSSR count). The Morgan fingerprint density at radius 3 is 2.76 bits per heavy atom. The Morgan fingerprint density at radius 1 is 1.48 bits per heavy atom. The van der Waals surface area contributed by atoms with Crippen molar-refractivity contribution in [1.29, 1.82) is 0 Å². The van der Waals surface area contributed by atoms with Gasteiger partial charge in [-0.1, -0.05) is 13.0 Å². The molecular weight excluding hydrogens is 363 g/mol. The highest BCUT2D eigenvalue weighted by Crippen LogP contribution is 2.29. The van der Waals surface area contributed by atoms with Gasteiger partial charge < -0.3 is 20.7 Å². The van der Waals surface area contributed by atoms with E-state index in [2.05, 4.69) is 10.1 Å². The molecule has 6 nitrogen and oxygen atoms in total. The van der Waals surface area contributed by atoms with Crippen molar-refractivity contribution in [2.75, 3.05) is 18.0 Å². The SMILES string of the molecule is CC(CN)C(=O)NC1CCN(c2cccc(OC(F)(F)F)c2)C1=O.Cl. The van der Waals surface area contributed by atoms with Crippen LogP contribution in [0.5, 0.6) is 5.75 Å². The molecule has 1 aromatic rings. The molecule has 0 radical (unpaired) electrons. The number of ether oxygens (including phenoxy) is 1. The third kappa shape index (κ3) is 5.50. The highest BCUT2D eigenvalue weighted by molar-refractivity contribution is 6.01. The lowest BCUT2D eigenvalue weighted by atomic mass is 10.1. The number of nitrogens with two attached hydrogens (primary N) is 1. The van der Waals surface area contributed by atoms with Gasteiger partial charge in [-0.05, 0) is 18.6 Å². The Bertz CT molecular complexity index is 628. The van der Waals surface area contributed by atoms with Crippen LogP contribution in [0.25, 0.3) is 0 Å². The van der Waals surface area contributed by atoms with E-state index in [0.29, 0.717) is 6.42 Å². The Kier molecular flexibility index (Phi) is 7.06. The summed E-state index contributed by atoms with van der Waals surface area (Å²) in [4.78, 5) is 25.5. The smallest absolute Gasteiger partial charge is 0.406 e. The molecule has 0 aliphatic carbocycles. The van der Waals surface area contributed by atoms with Crippen LogP contribution in [0, 0.1) is 5.92 Å². The van der Waals surface area contributed by atoms with Crippen LogP contribution in [0.15, 0.2) is 24.3 Å². The van der Waals surface area contributed by atoms with E-state index in [-0.39, 0.29) is 43.0 Å². The summed E-state index contributed by atoms with van der Waals surface area (Å²) in [5.74, 6) is -1.53. The molecular formula is C15H19ClF3N3O3. The van der Waals surface area contributed by atoms with Crippen molar-refractivity contribution in [3.63, 3.8) is 0 Å². The Morgan fingerprint density at radius 2 is 2.16 bits per heavy atom. The summed E-state index contributed by atoms with van der Waals surface area (Å²) in [5.41, 5.74) is 5.69. The third-order valence-electron chi connectivity index (χ3n) is 3.69. The monoisotopic (exact) mass is 381 g/mol. The van der Waals surface area contributed by atoms with Crippen LogP contribution >= 0.6 is 12.4 Å². The number of amides is 2. The van der Waals surface area contributed by atoms with Crippen LogP contribution in [-0.2, 0) is 9.59 Å². The van der Waals surface area contributed by atoms with Gasteiger partial charge in [-0.3, -0.25) is 9.59 Å². The minimum atomic E-state index is -4.80. The molecule has 0 spiro atoms. The molecule has 25 heavy (non-hydrogen) atoms. The van der Waals surface area contributed by atoms with Gasteiger partial charge in [-0.25, -0.2) is 0 Å². The molecule has 3 N–H and O–H groups in total. The second kappa shape index (κ2) is 8.39. The van der Waals surface area contributed by atoms with E-state index in [1.165, 1.54) is 17.0 Å². The number of benzene rings is 1. The van der Waals surface area contributed by atoms with Crippen LogP contribution in [-0.4, -0.2) is 37.3 Å². The fourth-order valence-corrected chi connectivity index (χ4v) is 2.34. The molecule has 1 heterocycles. The number of carbonyl (C=O) groups excluding carboxylic acids is 2. The van der Waals surface area contributed by atoms with Crippen LogP contribution in [0.1, 0.15) is 13.3 Å². The highest BCUT2D eigenvalue weighted by Gasteiger charge is 2.35. The molecule has 1 fully saturated rings. The number of alkyl halides is 3. The Hall–Kier alpha value is -2.00. The molecule has 0 aromatic heterocycles. The molecule has 10 heteroatoms. The molecule has 2 amide bonds. The normalized spacial score (nSPS) is 18.5. The maximum Gasteiger partial charge on any atom is 0.573 e. The average molecular weight is 382 g/mol. The fourth-order valence-electron chi connectivity index (χ4n) is 2.34. The first-order valence-corrected chi connectivity index (χ1v) is 7.39. The number of rotatable bonds is 5. The van der Waals surface area contributed by atoms with Crippen molar-refractivity contribution in [2.24, 2.45) is 11.7 Å². The number of nitrogens with one attached hydrogen (secondary N) is 1. The van der Waals surface area contributed by atoms with E-state index in [4.69, 9.17) is 5.73 Å². The van der Waals surface area contributed by atoms with Crippen molar-refractivity contribution in [3.8, 4) is 5.75 Å². The summed E-state index contributed by atoms with van der Waals surface area (Å²) in [6.07, 6.45) is -4.44. The number of hydrogen-bond acceptors (Lipinski definition) is 4. The second-order valence-electron chi connectivity index (χ2n) is 5.52. The number of carbonyl (C=O) groups is 2. The number of nitrogens with zero attached hydrogens (tertiary/aromatic N) is 1. The number of halogens is 4. The van der Waals surface area contributed by atoms with Crippen LogP contribution in [0.2, 0.25) is 0 Å². The van der Waals surface area contributed by atoms with Crippen molar-refractivity contribution in [2.45, 2.75) is 25.7 Å². The van der Waals surface area contributed by atoms with Crippen LogP contribution in [0.4, 0.5) is 18.9 Å². The molecule has 1 aromatic carbocycles. The summed E-state index contributed by atoms with van der Waals surface area (Å²) >= 11 is 0. The number of hydrogen-bond donors (Lipinski definition) is 2. The van der Waals surface area contributed by atoms with Gasteiger partial charge in [0, 0.05) is 30.8 Å². The minimum absolute atomic E-state index is 0. The van der Waals surface area contributed by atoms with Crippen molar-refractivity contribution in [1.82, 2.24) is 5.32 Å². The molecule has 1 saturated heterocycles. The van der Waals surface area contributed by atoms with E-state index >= 15 is 0 Å². The first kappa shape index (κ1) is 21.0. The van der Waals surface area contributed by atoms with Crippen molar-refractivity contribution >= 4 is 29.9 Å². The van der Waals surface area contributed by atoms with Gasteiger partial charge >= 0.3 is 6.36 Å². The molecule has 1 aliphatic rings. The Balaban J connectivity index is 0.00000312. The predicted octanol–water partition coefficient (Wildman–Crippen LogP) is 1.82. The summed E-state index contributed by atoms with van der Waals surface area (Å²) in [6, 6.07) is 4.45. The van der Waals surface area contributed by atoms with Crippen molar-refractivity contribution < 1.29 is 27.5 Å². The van der Waals surface area contributed by atoms with Gasteiger partial charge in [0.2, 0.25) is 11.8 Å². The predicted molar refractivity (Wildman–Crippen MR) is 87.5 cm³/mol. The van der Waals surface area contributed by atoms with E-state index < -0.39 is 24.1 Å².